The molecule has 0 aliphatic rings. The fourth-order valence-corrected chi connectivity index (χ4v) is 4.27. The van der Waals surface area contributed by atoms with E-state index in [0.29, 0.717) is 18.7 Å². The molecule has 0 radical (unpaired) electrons. The minimum absolute atomic E-state index is 0.165. The molecule has 1 unspecified atom stereocenters. The zero-order valence-corrected chi connectivity index (χ0v) is 20.1. The smallest absolute Gasteiger partial charge is 0.261 e. The molecule has 1 atom stereocenters. The molecule has 2 amide bonds. The second kappa shape index (κ2) is 11.3. The van der Waals surface area contributed by atoms with Crippen molar-refractivity contribution < 1.29 is 14.3 Å². The van der Waals surface area contributed by atoms with Gasteiger partial charge in [0, 0.05) is 25.4 Å². The standard InChI is InChI=1S/C30H30N2O3/c1-22-10-8-13-24(18-22)20-32(27(30(34)31-2)19-23-11-4-3-5-12-23)29(33)21-35-28-17-9-15-25-14-6-7-16-26(25)28/h3-18,27H,19-21H2,1-2H3,(H,31,34). The Morgan fingerprint density at radius 3 is 2.31 bits per heavy atom. The molecule has 0 fully saturated rings. The predicted octanol–water partition coefficient (Wildman–Crippen LogP) is 4.91. The van der Waals surface area contributed by atoms with Gasteiger partial charge in [-0.2, -0.15) is 0 Å². The summed E-state index contributed by atoms with van der Waals surface area (Å²) in [5.74, 6) is 0.190. The van der Waals surface area contributed by atoms with Crippen LogP contribution < -0.4 is 10.1 Å². The van der Waals surface area contributed by atoms with Crippen LogP contribution in [0.5, 0.6) is 5.75 Å². The Kier molecular flexibility index (Phi) is 7.78. The van der Waals surface area contributed by atoms with Crippen molar-refractivity contribution >= 4 is 22.6 Å². The molecular formula is C30H30N2O3. The van der Waals surface area contributed by atoms with Crippen LogP contribution >= 0.6 is 0 Å². The van der Waals surface area contributed by atoms with Gasteiger partial charge in [-0.05, 0) is 29.5 Å². The molecule has 0 saturated carbocycles. The Balaban J connectivity index is 1.62. The third-order valence-electron chi connectivity index (χ3n) is 6.05. The van der Waals surface area contributed by atoms with Crippen LogP contribution in [-0.2, 0) is 22.6 Å². The summed E-state index contributed by atoms with van der Waals surface area (Å²) in [5, 5.41) is 4.73. The summed E-state index contributed by atoms with van der Waals surface area (Å²) in [4.78, 5) is 28.3. The maximum atomic E-state index is 13.6. The number of hydrogen-bond acceptors (Lipinski definition) is 3. The first-order valence-electron chi connectivity index (χ1n) is 11.8. The molecule has 0 spiro atoms. The Labute approximate surface area is 206 Å². The number of fused-ring (bicyclic) bond motifs is 1. The largest absolute Gasteiger partial charge is 0.483 e. The van der Waals surface area contributed by atoms with Gasteiger partial charge in [0.2, 0.25) is 5.91 Å². The molecule has 0 aliphatic carbocycles. The number of nitrogens with zero attached hydrogens (tertiary/aromatic N) is 1. The molecule has 4 aromatic carbocycles. The number of carbonyl (C=O) groups excluding carboxylic acids is 2. The van der Waals surface area contributed by atoms with Gasteiger partial charge in [0.25, 0.3) is 5.91 Å². The fraction of sp³-hybridized carbons (Fsp3) is 0.200. The molecule has 178 valence electrons. The predicted molar refractivity (Wildman–Crippen MR) is 139 cm³/mol. The van der Waals surface area contributed by atoms with Crippen LogP contribution in [0.4, 0.5) is 0 Å². The van der Waals surface area contributed by atoms with E-state index in [9.17, 15) is 9.59 Å². The number of carbonyl (C=O) groups is 2. The van der Waals surface area contributed by atoms with Gasteiger partial charge < -0.3 is 15.0 Å². The second-order valence-corrected chi connectivity index (χ2v) is 8.60. The van der Waals surface area contributed by atoms with Gasteiger partial charge in [0.1, 0.15) is 11.8 Å². The summed E-state index contributed by atoms with van der Waals surface area (Å²) in [5.41, 5.74) is 3.05. The average Bonchev–Trinajstić information content (AvgIpc) is 2.89. The second-order valence-electron chi connectivity index (χ2n) is 8.60. The molecule has 1 N–H and O–H groups in total. The van der Waals surface area contributed by atoms with Crippen molar-refractivity contribution in [3.63, 3.8) is 0 Å². The van der Waals surface area contributed by atoms with E-state index in [1.807, 2.05) is 104 Å². The van der Waals surface area contributed by atoms with Crippen molar-refractivity contribution in [2.75, 3.05) is 13.7 Å². The molecule has 35 heavy (non-hydrogen) atoms. The van der Waals surface area contributed by atoms with E-state index in [1.54, 1.807) is 11.9 Å². The molecule has 0 saturated heterocycles. The highest BCUT2D eigenvalue weighted by atomic mass is 16.5. The molecule has 4 rings (SSSR count). The summed E-state index contributed by atoms with van der Waals surface area (Å²) in [7, 11) is 1.60. The maximum Gasteiger partial charge on any atom is 0.261 e. The van der Waals surface area contributed by atoms with Crippen LogP contribution in [0, 0.1) is 6.92 Å². The zero-order chi connectivity index (χ0) is 24.6. The van der Waals surface area contributed by atoms with Crippen LogP contribution in [0.25, 0.3) is 10.8 Å². The highest BCUT2D eigenvalue weighted by Crippen LogP contribution is 2.25. The van der Waals surface area contributed by atoms with E-state index in [0.717, 1.165) is 27.5 Å². The summed E-state index contributed by atoms with van der Waals surface area (Å²) in [6, 6.07) is 30.8. The number of aryl methyl sites for hydroxylation is 1. The van der Waals surface area contributed by atoms with Crippen molar-refractivity contribution in [3.8, 4) is 5.75 Å². The topological polar surface area (TPSA) is 58.6 Å². The molecule has 0 bridgehead atoms. The lowest BCUT2D eigenvalue weighted by atomic mass is 10.0. The number of hydrogen-bond donors (Lipinski definition) is 1. The van der Waals surface area contributed by atoms with Gasteiger partial charge in [-0.1, -0.05) is 96.6 Å². The van der Waals surface area contributed by atoms with Gasteiger partial charge in [0.15, 0.2) is 6.61 Å². The number of ether oxygens (including phenoxy) is 1. The number of likely N-dealkylation sites (N-methyl/N-ethyl adjacent to an activating group) is 1. The highest BCUT2D eigenvalue weighted by Gasteiger charge is 2.30. The van der Waals surface area contributed by atoms with Gasteiger partial charge >= 0.3 is 0 Å². The van der Waals surface area contributed by atoms with Crippen LogP contribution in [0.15, 0.2) is 97.1 Å². The molecule has 0 heterocycles. The number of amides is 2. The van der Waals surface area contributed by atoms with Crippen LogP contribution in [0.3, 0.4) is 0 Å². The third-order valence-corrected chi connectivity index (χ3v) is 6.05. The zero-order valence-electron chi connectivity index (χ0n) is 20.1. The lowest BCUT2D eigenvalue weighted by Gasteiger charge is -2.31. The number of nitrogens with one attached hydrogen (secondary N) is 1. The SMILES string of the molecule is CNC(=O)C(Cc1ccccc1)N(Cc1cccc(C)c1)C(=O)COc1cccc2ccccc12. The fourth-order valence-electron chi connectivity index (χ4n) is 4.27. The first-order valence-corrected chi connectivity index (χ1v) is 11.8. The van der Waals surface area contributed by atoms with Gasteiger partial charge in [-0.3, -0.25) is 9.59 Å². The van der Waals surface area contributed by atoms with E-state index in [2.05, 4.69) is 5.32 Å². The summed E-state index contributed by atoms with van der Waals surface area (Å²) in [6.07, 6.45) is 0.409. The molecule has 5 heteroatoms. The van der Waals surface area contributed by atoms with E-state index in [4.69, 9.17) is 4.74 Å². The van der Waals surface area contributed by atoms with Crippen molar-refractivity contribution in [2.45, 2.75) is 25.9 Å². The quantitative estimate of drug-likeness (QED) is 0.381. The first kappa shape index (κ1) is 24.0. The van der Waals surface area contributed by atoms with Crippen molar-refractivity contribution in [2.24, 2.45) is 0 Å². The maximum absolute atomic E-state index is 13.6. The Morgan fingerprint density at radius 2 is 1.54 bits per heavy atom. The third kappa shape index (κ3) is 6.07. The minimum Gasteiger partial charge on any atom is -0.483 e. The van der Waals surface area contributed by atoms with Crippen molar-refractivity contribution in [3.05, 3.63) is 114 Å². The van der Waals surface area contributed by atoms with Crippen LogP contribution in [0.2, 0.25) is 0 Å². The Morgan fingerprint density at radius 1 is 0.857 bits per heavy atom. The van der Waals surface area contributed by atoms with Crippen LogP contribution in [-0.4, -0.2) is 36.4 Å². The van der Waals surface area contributed by atoms with Gasteiger partial charge in [-0.25, -0.2) is 0 Å². The molecule has 0 aliphatic heterocycles. The van der Waals surface area contributed by atoms with E-state index < -0.39 is 6.04 Å². The van der Waals surface area contributed by atoms with E-state index in [-0.39, 0.29) is 18.4 Å². The molecule has 4 aromatic rings. The van der Waals surface area contributed by atoms with Gasteiger partial charge in [-0.15, -0.1) is 0 Å². The first-order chi connectivity index (χ1) is 17.0. The van der Waals surface area contributed by atoms with Crippen molar-refractivity contribution in [1.29, 1.82) is 0 Å². The van der Waals surface area contributed by atoms with Gasteiger partial charge in [0.05, 0.1) is 0 Å². The monoisotopic (exact) mass is 466 g/mol. The summed E-state index contributed by atoms with van der Waals surface area (Å²) < 4.78 is 6.01. The molecule has 5 nitrogen and oxygen atoms in total. The Bertz CT molecular complexity index is 1300. The van der Waals surface area contributed by atoms with E-state index in [1.165, 1.54) is 0 Å². The van der Waals surface area contributed by atoms with Crippen molar-refractivity contribution in [1.82, 2.24) is 10.2 Å². The lowest BCUT2D eigenvalue weighted by Crippen LogP contribution is -2.51. The normalized spacial score (nSPS) is 11.6. The Hall–Kier alpha value is -4.12. The summed E-state index contributed by atoms with van der Waals surface area (Å²) in [6.45, 7) is 2.16. The summed E-state index contributed by atoms with van der Waals surface area (Å²) >= 11 is 0. The minimum atomic E-state index is -0.675. The molecule has 0 aromatic heterocycles. The highest BCUT2D eigenvalue weighted by molar-refractivity contribution is 5.90. The number of rotatable bonds is 9. The number of benzene rings is 4. The molecular weight excluding hydrogens is 436 g/mol. The average molecular weight is 467 g/mol. The van der Waals surface area contributed by atoms with Crippen LogP contribution in [0.1, 0.15) is 16.7 Å². The van der Waals surface area contributed by atoms with E-state index >= 15 is 0 Å². The lowest BCUT2D eigenvalue weighted by molar-refractivity contribution is -0.142.